The third-order valence-electron chi connectivity index (χ3n) is 4.60. The first kappa shape index (κ1) is 25.6. The number of hydrogen-bond donors (Lipinski definition) is 1. The Kier molecular flexibility index (Phi) is 9.94. The lowest BCUT2D eigenvalue weighted by Crippen LogP contribution is -2.34. The van der Waals surface area contributed by atoms with Crippen LogP contribution >= 0.6 is 23.2 Å². The number of benzene rings is 2. The number of anilines is 1. The first-order valence-corrected chi connectivity index (χ1v) is 11.1. The Balaban J connectivity index is 2.09. The maximum atomic E-state index is 12.7. The van der Waals surface area contributed by atoms with Crippen molar-refractivity contribution in [2.75, 3.05) is 38.7 Å². The fourth-order valence-electron chi connectivity index (χ4n) is 2.90. The van der Waals surface area contributed by atoms with E-state index in [1.54, 1.807) is 29.2 Å². The molecule has 2 amide bonds. The van der Waals surface area contributed by atoms with Gasteiger partial charge in [0.2, 0.25) is 0 Å². The van der Waals surface area contributed by atoms with Crippen molar-refractivity contribution in [3.05, 3.63) is 45.9 Å². The van der Waals surface area contributed by atoms with Crippen molar-refractivity contribution in [2.45, 2.75) is 27.2 Å². The molecule has 0 heterocycles. The Bertz CT molecular complexity index is 948. The lowest BCUT2D eigenvalue weighted by molar-refractivity contribution is -0.132. The van der Waals surface area contributed by atoms with Gasteiger partial charge in [0.1, 0.15) is 5.75 Å². The number of nitrogens with one attached hydrogen (secondary N) is 1. The molecule has 7 nitrogen and oxygen atoms in total. The molecule has 0 saturated carbocycles. The normalized spacial score (nSPS) is 10.4. The summed E-state index contributed by atoms with van der Waals surface area (Å²) < 4.78 is 16.5. The molecule has 0 saturated heterocycles. The van der Waals surface area contributed by atoms with Crippen molar-refractivity contribution in [3.63, 3.8) is 0 Å². The van der Waals surface area contributed by atoms with Gasteiger partial charge in [-0.15, -0.1) is 0 Å². The van der Waals surface area contributed by atoms with Crippen molar-refractivity contribution in [2.24, 2.45) is 0 Å². The van der Waals surface area contributed by atoms with Gasteiger partial charge >= 0.3 is 0 Å². The predicted molar refractivity (Wildman–Crippen MR) is 127 cm³/mol. The monoisotopic (exact) mass is 482 g/mol. The summed E-state index contributed by atoms with van der Waals surface area (Å²) in [6.07, 6.45) is 0.811. The van der Waals surface area contributed by atoms with E-state index in [1.165, 1.54) is 13.2 Å². The zero-order chi connectivity index (χ0) is 23.7. The zero-order valence-corrected chi connectivity index (χ0v) is 20.2. The SMILES string of the molecule is CCCOc1c(Cl)cc(C(=O)Nc2ccc(OCC(=O)N(CC)CC)c(Cl)c2)cc1OC. The minimum atomic E-state index is -0.395. The van der Waals surface area contributed by atoms with E-state index in [1.807, 2.05) is 20.8 Å². The Morgan fingerprint density at radius 1 is 0.969 bits per heavy atom. The number of methoxy groups -OCH3 is 1. The molecule has 0 fully saturated rings. The number of rotatable bonds is 11. The van der Waals surface area contributed by atoms with Gasteiger partial charge < -0.3 is 24.4 Å². The Hall–Kier alpha value is -2.64. The molecule has 2 aromatic rings. The number of hydrogen-bond acceptors (Lipinski definition) is 5. The molecular formula is C23H28Cl2N2O5. The van der Waals surface area contributed by atoms with Crippen LogP contribution in [0, 0.1) is 0 Å². The van der Waals surface area contributed by atoms with Crippen LogP contribution in [-0.2, 0) is 4.79 Å². The number of carbonyl (C=O) groups is 2. The summed E-state index contributed by atoms with van der Waals surface area (Å²) >= 11 is 12.6. The van der Waals surface area contributed by atoms with Crippen molar-refractivity contribution >= 4 is 40.7 Å². The van der Waals surface area contributed by atoms with Crippen LogP contribution in [0.1, 0.15) is 37.6 Å². The average Bonchev–Trinajstić information content (AvgIpc) is 2.78. The highest BCUT2D eigenvalue weighted by Crippen LogP contribution is 2.37. The molecule has 174 valence electrons. The second-order valence-corrected chi connectivity index (χ2v) is 7.61. The van der Waals surface area contributed by atoms with Crippen molar-refractivity contribution in [1.29, 1.82) is 0 Å². The molecule has 9 heteroatoms. The molecule has 0 bridgehead atoms. The maximum absolute atomic E-state index is 12.7. The van der Waals surface area contributed by atoms with Gasteiger partial charge in [0.25, 0.3) is 11.8 Å². The summed E-state index contributed by atoms with van der Waals surface area (Å²) in [6.45, 7) is 7.37. The lowest BCUT2D eigenvalue weighted by Gasteiger charge is -2.19. The number of carbonyl (C=O) groups excluding carboxylic acids is 2. The molecule has 0 aliphatic carbocycles. The fraction of sp³-hybridized carbons (Fsp3) is 0.391. The summed E-state index contributed by atoms with van der Waals surface area (Å²) in [7, 11) is 1.48. The number of halogens is 2. The van der Waals surface area contributed by atoms with Gasteiger partial charge in [0.05, 0.1) is 23.8 Å². The van der Waals surface area contributed by atoms with Gasteiger partial charge in [-0.05, 0) is 50.6 Å². The van der Waals surface area contributed by atoms with Crippen LogP contribution in [-0.4, -0.2) is 50.1 Å². The molecular weight excluding hydrogens is 455 g/mol. The summed E-state index contributed by atoms with van der Waals surface area (Å²) in [6, 6.07) is 7.86. The highest BCUT2D eigenvalue weighted by Gasteiger charge is 2.17. The lowest BCUT2D eigenvalue weighted by atomic mass is 10.1. The molecule has 0 aliphatic rings. The van der Waals surface area contributed by atoms with Gasteiger partial charge in [-0.2, -0.15) is 0 Å². The maximum Gasteiger partial charge on any atom is 0.260 e. The first-order valence-electron chi connectivity index (χ1n) is 10.4. The topological polar surface area (TPSA) is 77.1 Å². The summed E-state index contributed by atoms with van der Waals surface area (Å²) in [5, 5.41) is 3.31. The van der Waals surface area contributed by atoms with E-state index < -0.39 is 5.91 Å². The number of likely N-dealkylation sites (N-methyl/N-ethyl adjacent to an activating group) is 1. The molecule has 32 heavy (non-hydrogen) atoms. The molecule has 0 spiro atoms. The van der Waals surface area contributed by atoms with Gasteiger partial charge in [-0.1, -0.05) is 30.1 Å². The smallest absolute Gasteiger partial charge is 0.260 e. The third-order valence-corrected chi connectivity index (χ3v) is 5.18. The van der Waals surface area contributed by atoms with Crippen LogP contribution in [0.5, 0.6) is 17.2 Å². The van der Waals surface area contributed by atoms with E-state index >= 15 is 0 Å². The van der Waals surface area contributed by atoms with Crippen molar-refractivity contribution < 1.29 is 23.8 Å². The van der Waals surface area contributed by atoms with Crippen LogP contribution in [0.3, 0.4) is 0 Å². The van der Waals surface area contributed by atoms with E-state index in [0.717, 1.165) is 6.42 Å². The van der Waals surface area contributed by atoms with Crippen LogP contribution in [0.15, 0.2) is 30.3 Å². The molecule has 0 radical (unpaired) electrons. The second kappa shape index (κ2) is 12.4. The van der Waals surface area contributed by atoms with Crippen LogP contribution in [0.4, 0.5) is 5.69 Å². The van der Waals surface area contributed by atoms with E-state index in [4.69, 9.17) is 37.4 Å². The molecule has 0 aromatic heterocycles. The molecule has 2 aromatic carbocycles. The van der Waals surface area contributed by atoms with E-state index in [0.29, 0.717) is 48.2 Å². The quantitative estimate of drug-likeness (QED) is 0.470. The molecule has 0 aliphatic heterocycles. The molecule has 2 rings (SSSR count). The van der Waals surface area contributed by atoms with Gasteiger partial charge in [-0.25, -0.2) is 0 Å². The molecule has 0 atom stereocenters. The summed E-state index contributed by atoms with van der Waals surface area (Å²) in [5.74, 6) is 0.605. The third kappa shape index (κ3) is 6.68. The largest absolute Gasteiger partial charge is 0.493 e. The van der Waals surface area contributed by atoms with Crippen LogP contribution < -0.4 is 19.5 Å². The summed E-state index contributed by atoms with van der Waals surface area (Å²) in [4.78, 5) is 26.5. The number of nitrogens with zero attached hydrogens (tertiary/aromatic N) is 1. The fourth-order valence-corrected chi connectivity index (χ4v) is 3.40. The van der Waals surface area contributed by atoms with Crippen molar-refractivity contribution in [3.8, 4) is 17.2 Å². The van der Waals surface area contributed by atoms with E-state index in [9.17, 15) is 9.59 Å². The van der Waals surface area contributed by atoms with E-state index in [2.05, 4.69) is 5.32 Å². The second-order valence-electron chi connectivity index (χ2n) is 6.79. The van der Waals surface area contributed by atoms with Crippen molar-refractivity contribution in [1.82, 2.24) is 4.90 Å². The first-order chi connectivity index (χ1) is 15.3. The Morgan fingerprint density at radius 3 is 2.28 bits per heavy atom. The highest BCUT2D eigenvalue weighted by atomic mass is 35.5. The minimum absolute atomic E-state index is 0.113. The number of ether oxygens (including phenoxy) is 3. The standard InChI is InChI=1S/C23H28Cl2N2O5/c1-5-10-31-22-18(25)11-15(12-20(22)30-4)23(29)26-16-8-9-19(17(24)13-16)32-14-21(28)27(6-2)7-3/h8-9,11-13H,5-7,10,14H2,1-4H3,(H,26,29). The Labute approximate surface area is 198 Å². The van der Waals surface area contributed by atoms with E-state index in [-0.39, 0.29) is 22.6 Å². The zero-order valence-electron chi connectivity index (χ0n) is 18.7. The Morgan fingerprint density at radius 2 is 1.69 bits per heavy atom. The molecule has 0 unspecified atom stereocenters. The predicted octanol–water partition coefficient (Wildman–Crippen LogP) is 5.29. The van der Waals surface area contributed by atoms with Gasteiger partial charge in [-0.3, -0.25) is 9.59 Å². The van der Waals surface area contributed by atoms with Gasteiger partial charge in [0, 0.05) is 24.3 Å². The number of amides is 2. The van der Waals surface area contributed by atoms with Crippen LogP contribution in [0.2, 0.25) is 10.0 Å². The molecule has 1 N–H and O–H groups in total. The van der Waals surface area contributed by atoms with Gasteiger partial charge in [0.15, 0.2) is 18.1 Å². The average molecular weight is 483 g/mol. The van der Waals surface area contributed by atoms with Crippen LogP contribution in [0.25, 0.3) is 0 Å². The highest BCUT2D eigenvalue weighted by molar-refractivity contribution is 6.33. The minimum Gasteiger partial charge on any atom is -0.493 e. The summed E-state index contributed by atoms with van der Waals surface area (Å²) in [5.41, 5.74) is 0.765.